The number of carbonyl (C=O) groups excluding carboxylic acids is 1. The summed E-state index contributed by atoms with van der Waals surface area (Å²) in [5.74, 6) is -0.257. The van der Waals surface area contributed by atoms with E-state index in [4.69, 9.17) is 0 Å². The normalized spacial score (nSPS) is 12.6. The third kappa shape index (κ3) is 5.63. The molecule has 0 saturated heterocycles. The van der Waals surface area contributed by atoms with Crippen molar-refractivity contribution in [1.82, 2.24) is 19.7 Å². The van der Waals surface area contributed by atoms with Crippen molar-refractivity contribution in [2.75, 3.05) is 5.32 Å². The number of benzene rings is 1. The number of amides is 1. The number of pyridine rings is 1. The number of hydrogen-bond donors (Lipinski definition) is 1. The summed E-state index contributed by atoms with van der Waals surface area (Å²) < 4.78 is 40.6. The summed E-state index contributed by atoms with van der Waals surface area (Å²) in [4.78, 5) is 16.6. The van der Waals surface area contributed by atoms with Gasteiger partial charge >= 0.3 is 6.18 Å². The molecule has 0 aliphatic carbocycles. The van der Waals surface area contributed by atoms with Crippen LogP contribution in [0.15, 0.2) is 41.8 Å². The van der Waals surface area contributed by atoms with E-state index in [0.29, 0.717) is 11.3 Å². The molecule has 0 bridgehead atoms. The van der Waals surface area contributed by atoms with Crippen LogP contribution in [0.5, 0.6) is 0 Å². The van der Waals surface area contributed by atoms with Crippen LogP contribution in [0.1, 0.15) is 23.6 Å². The summed E-state index contributed by atoms with van der Waals surface area (Å²) in [5, 5.41) is 10.1. The second-order valence-electron chi connectivity index (χ2n) is 7.27. The summed E-state index contributed by atoms with van der Waals surface area (Å²) >= 11 is 0.930. The van der Waals surface area contributed by atoms with Gasteiger partial charge in [0.25, 0.3) is 0 Å². The zero-order valence-electron chi connectivity index (χ0n) is 17.5. The van der Waals surface area contributed by atoms with Crippen molar-refractivity contribution in [2.24, 2.45) is 0 Å². The van der Waals surface area contributed by atoms with Gasteiger partial charge in [-0.3, -0.25) is 14.3 Å². The molecule has 0 fully saturated rings. The second kappa shape index (κ2) is 9.09. The maximum absolute atomic E-state index is 13.2. The molecule has 1 N–H and O–H groups in total. The van der Waals surface area contributed by atoms with Crippen LogP contribution in [0.2, 0.25) is 0 Å². The fraction of sp³-hybridized carbons (Fsp3) is 0.333. The first kappa shape index (κ1) is 22.8. The van der Waals surface area contributed by atoms with Crippen molar-refractivity contribution in [3.05, 3.63) is 53.3 Å². The third-order valence-electron chi connectivity index (χ3n) is 4.57. The lowest BCUT2D eigenvalue weighted by Gasteiger charge is -2.17. The average Bonchev–Trinajstić information content (AvgIpc) is 3.05. The Morgan fingerprint density at radius 2 is 1.74 bits per heavy atom. The molecule has 2 aromatic heterocycles. The lowest BCUT2D eigenvalue weighted by molar-refractivity contribution is -0.141. The maximum atomic E-state index is 13.2. The molecule has 164 valence electrons. The monoisotopic (exact) mass is 449 g/mol. The first-order valence-corrected chi connectivity index (χ1v) is 10.4. The molecule has 10 heteroatoms. The van der Waals surface area contributed by atoms with Crippen LogP contribution in [-0.2, 0) is 11.3 Å². The predicted molar refractivity (Wildman–Crippen MR) is 114 cm³/mol. The zero-order chi connectivity index (χ0) is 22.8. The van der Waals surface area contributed by atoms with Crippen LogP contribution in [0.25, 0.3) is 11.4 Å². The number of alkyl halides is 3. The number of halogens is 3. The van der Waals surface area contributed by atoms with Gasteiger partial charge in [0.05, 0.1) is 5.25 Å². The number of thioether (sulfide) groups is 1. The van der Waals surface area contributed by atoms with Crippen LogP contribution in [0.4, 0.5) is 18.9 Å². The number of nitrogens with one attached hydrogen (secondary N) is 1. The van der Waals surface area contributed by atoms with Gasteiger partial charge < -0.3 is 5.32 Å². The molecular weight excluding hydrogens is 427 g/mol. The van der Waals surface area contributed by atoms with Gasteiger partial charge in [0.2, 0.25) is 5.91 Å². The maximum Gasteiger partial charge on any atom is 0.406 e. The van der Waals surface area contributed by atoms with Crippen molar-refractivity contribution in [3.8, 4) is 11.4 Å². The Morgan fingerprint density at radius 3 is 2.32 bits per heavy atom. The van der Waals surface area contributed by atoms with E-state index in [9.17, 15) is 18.0 Å². The number of rotatable bonds is 6. The molecule has 1 aromatic carbocycles. The van der Waals surface area contributed by atoms with E-state index in [1.54, 1.807) is 19.1 Å². The number of anilines is 1. The van der Waals surface area contributed by atoms with Crippen molar-refractivity contribution < 1.29 is 18.0 Å². The molecule has 6 nitrogen and oxygen atoms in total. The summed E-state index contributed by atoms with van der Waals surface area (Å²) in [5.41, 5.74) is 4.09. The minimum atomic E-state index is -4.47. The van der Waals surface area contributed by atoms with Gasteiger partial charge in [-0.25, -0.2) is 0 Å². The highest BCUT2D eigenvalue weighted by Crippen LogP contribution is 2.31. The highest BCUT2D eigenvalue weighted by atomic mass is 32.2. The number of aromatic nitrogens is 4. The highest BCUT2D eigenvalue weighted by Gasteiger charge is 2.32. The van der Waals surface area contributed by atoms with Crippen LogP contribution >= 0.6 is 11.8 Å². The minimum Gasteiger partial charge on any atom is -0.325 e. The Kier molecular flexibility index (Phi) is 6.68. The van der Waals surface area contributed by atoms with Crippen LogP contribution < -0.4 is 5.32 Å². The lowest BCUT2D eigenvalue weighted by Crippen LogP contribution is -2.25. The standard InChI is InChI=1S/C21H22F3N5OS/c1-12-9-13(2)17(14(3)10-12)26-19(30)15(4)31-20-28-27-18(16-5-7-25-8-6-16)29(20)11-21(22,23)24/h5-10,15H,11H2,1-4H3,(H,26,30). The van der Waals surface area contributed by atoms with E-state index in [2.05, 4.69) is 20.5 Å². The number of carbonyl (C=O) groups is 1. The molecule has 2 heterocycles. The van der Waals surface area contributed by atoms with Gasteiger partial charge in [0, 0.05) is 23.6 Å². The van der Waals surface area contributed by atoms with Crippen LogP contribution in [0.3, 0.4) is 0 Å². The molecule has 31 heavy (non-hydrogen) atoms. The van der Waals surface area contributed by atoms with E-state index >= 15 is 0 Å². The minimum absolute atomic E-state index is 0.0177. The van der Waals surface area contributed by atoms with E-state index in [-0.39, 0.29) is 16.9 Å². The topological polar surface area (TPSA) is 72.7 Å². The molecule has 0 aliphatic heterocycles. The molecule has 3 aromatic rings. The summed E-state index contributed by atoms with van der Waals surface area (Å²) in [6.07, 6.45) is -1.53. The predicted octanol–water partition coefficient (Wildman–Crippen LogP) is 4.95. The summed E-state index contributed by atoms with van der Waals surface area (Å²) in [7, 11) is 0. The summed E-state index contributed by atoms with van der Waals surface area (Å²) in [6.45, 7) is 6.13. The zero-order valence-corrected chi connectivity index (χ0v) is 18.3. The molecule has 1 amide bonds. The quantitative estimate of drug-likeness (QED) is 0.540. The lowest BCUT2D eigenvalue weighted by atomic mass is 10.1. The average molecular weight is 450 g/mol. The van der Waals surface area contributed by atoms with Gasteiger partial charge in [0.15, 0.2) is 11.0 Å². The van der Waals surface area contributed by atoms with Gasteiger partial charge in [-0.1, -0.05) is 29.5 Å². The van der Waals surface area contributed by atoms with E-state index in [1.165, 1.54) is 12.4 Å². The van der Waals surface area contributed by atoms with Crippen molar-refractivity contribution in [1.29, 1.82) is 0 Å². The number of hydrogen-bond acceptors (Lipinski definition) is 5. The first-order chi connectivity index (χ1) is 14.5. The molecule has 1 atom stereocenters. The second-order valence-corrected chi connectivity index (χ2v) is 8.57. The Balaban J connectivity index is 1.84. The van der Waals surface area contributed by atoms with Gasteiger partial charge in [-0.2, -0.15) is 13.2 Å². The van der Waals surface area contributed by atoms with E-state index < -0.39 is 18.0 Å². The van der Waals surface area contributed by atoms with Crippen molar-refractivity contribution in [3.63, 3.8) is 0 Å². The first-order valence-electron chi connectivity index (χ1n) is 9.51. The summed E-state index contributed by atoms with van der Waals surface area (Å²) in [6, 6.07) is 7.04. The molecule has 0 radical (unpaired) electrons. The third-order valence-corrected chi connectivity index (χ3v) is 5.65. The Morgan fingerprint density at radius 1 is 1.13 bits per heavy atom. The van der Waals surface area contributed by atoms with Crippen LogP contribution in [-0.4, -0.2) is 37.1 Å². The fourth-order valence-corrected chi connectivity index (χ4v) is 4.07. The number of aryl methyl sites for hydroxylation is 3. The van der Waals surface area contributed by atoms with Crippen molar-refractivity contribution in [2.45, 2.75) is 50.8 Å². The fourth-order valence-electron chi connectivity index (χ4n) is 3.23. The molecular formula is C21H22F3N5OS. The Hall–Kier alpha value is -2.88. The molecule has 3 rings (SSSR count). The van der Waals surface area contributed by atoms with Crippen LogP contribution in [0, 0.1) is 20.8 Å². The highest BCUT2D eigenvalue weighted by molar-refractivity contribution is 8.00. The Bertz CT molecular complexity index is 1060. The Labute approximate surface area is 182 Å². The van der Waals surface area contributed by atoms with E-state index in [0.717, 1.165) is 33.0 Å². The van der Waals surface area contributed by atoms with Gasteiger partial charge in [0.1, 0.15) is 6.54 Å². The van der Waals surface area contributed by atoms with Gasteiger partial charge in [-0.05, 0) is 51.0 Å². The SMILES string of the molecule is Cc1cc(C)c(NC(=O)C(C)Sc2nnc(-c3ccncc3)n2CC(F)(F)F)c(C)c1. The van der Waals surface area contributed by atoms with Crippen molar-refractivity contribution >= 4 is 23.4 Å². The largest absolute Gasteiger partial charge is 0.406 e. The molecule has 0 saturated carbocycles. The number of nitrogens with zero attached hydrogens (tertiary/aromatic N) is 4. The molecule has 1 unspecified atom stereocenters. The van der Waals surface area contributed by atoms with E-state index in [1.807, 2.05) is 32.9 Å². The molecule has 0 spiro atoms. The van der Waals surface area contributed by atoms with Gasteiger partial charge in [-0.15, -0.1) is 10.2 Å². The molecule has 0 aliphatic rings. The smallest absolute Gasteiger partial charge is 0.325 e.